The summed E-state index contributed by atoms with van der Waals surface area (Å²) in [4.78, 5) is 7.79. The smallest absolute Gasteiger partial charge is 0.106 e. The van der Waals surface area contributed by atoms with Gasteiger partial charge in [0.1, 0.15) is 5.82 Å². The minimum atomic E-state index is 0. The summed E-state index contributed by atoms with van der Waals surface area (Å²) in [5.41, 5.74) is 0. The number of H-pyrrole nitrogens is 1. The third kappa shape index (κ3) is 27.8. The highest BCUT2D eigenvalue weighted by molar-refractivity contribution is 8.93. The van der Waals surface area contributed by atoms with Gasteiger partial charge in [-0.05, 0) is 12.3 Å². The molecule has 3 heteroatoms. The van der Waals surface area contributed by atoms with Crippen LogP contribution in [-0.4, -0.2) is 9.97 Å². The number of rotatable bonds is 32. The highest BCUT2D eigenvalue weighted by Crippen LogP contribution is 2.24. The minimum Gasteiger partial charge on any atom is -0.349 e. The molecular formula is C37H73BrN2. The lowest BCUT2D eigenvalue weighted by Gasteiger charge is -2.16. The number of nitrogens with zero attached hydrogens (tertiary/aromatic N) is 1. The van der Waals surface area contributed by atoms with Gasteiger partial charge in [-0.15, -0.1) is 17.0 Å². The van der Waals surface area contributed by atoms with E-state index in [1.54, 1.807) is 0 Å². The Kier molecular flexibility index (Phi) is 32.9. The van der Waals surface area contributed by atoms with E-state index >= 15 is 0 Å². The number of hydrogen-bond acceptors (Lipinski definition) is 1. The molecule has 0 saturated heterocycles. The largest absolute Gasteiger partial charge is 0.349 e. The van der Waals surface area contributed by atoms with Crippen LogP contribution in [0, 0.1) is 5.92 Å². The highest BCUT2D eigenvalue weighted by Gasteiger charge is 2.10. The van der Waals surface area contributed by atoms with Crippen LogP contribution in [0.5, 0.6) is 0 Å². The van der Waals surface area contributed by atoms with Crippen molar-refractivity contribution in [1.29, 1.82) is 0 Å². The Morgan fingerprint density at radius 1 is 0.475 bits per heavy atom. The quantitative estimate of drug-likeness (QED) is 0.0793. The third-order valence-corrected chi connectivity index (χ3v) is 9.03. The molecule has 0 aliphatic carbocycles. The second-order valence-electron chi connectivity index (χ2n) is 12.9. The zero-order valence-corrected chi connectivity index (χ0v) is 29.2. The lowest BCUT2D eigenvalue weighted by atomic mass is 9.90. The molecule has 0 aliphatic heterocycles. The van der Waals surface area contributed by atoms with Crippen LogP contribution in [0.15, 0.2) is 12.4 Å². The molecular weight excluding hydrogens is 552 g/mol. The molecule has 2 nitrogen and oxygen atoms in total. The standard InChI is InChI=1S/C37H72N2.BrH/c1-3-5-7-9-11-13-15-17-19-21-23-25-27-29-31-36(32-33-37-38-34-35-39-37)30-28-26-24-22-20-18-16-14-12-10-8-6-4-2;/h34-36H,3-33H2,1-2H3,(H,38,39);1H. The number of imidazole rings is 1. The summed E-state index contributed by atoms with van der Waals surface area (Å²) in [5.74, 6) is 2.09. The molecule has 1 N–H and O–H groups in total. The lowest BCUT2D eigenvalue weighted by molar-refractivity contribution is 0.378. The van der Waals surface area contributed by atoms with E-state index in [4.69, 9.17) is 0 Å². The first kappa shape index (κ1) is 39.7. The first-order valence-electron chi connectivity index (χ1n) is 18.3. The van der Waals surface area contributed by atoms with E-state index in [9.17, 15) is 0 Å². The van der Waals surface area contributed by atoms with Gasteiger partial charge in [0.15, 0.2) is 0 Å². The van der Waals surface area contributed by atoms with Crippen molar-refractivity contribution >= 4 is 17.0 Å². The van der Waals surface area contributed by atoms with Gasteiger partial charge in [-0.3, -0.25) is 0 Å². The van der Waals surface area contributed by atoms with Gasteiger partial charge in [-0.2, -0.15) is 0 Å². The van der Waals surface area contributed by atoms with Gasteiger partial charge >= 0.3 is 0 Å². The van der Waals surface area contributed by atoms with Crippen LogP contribution in [-0.2, 0) is 6.42 Å². The Labute approximate surface area is 263 Å². The summed E-state index contributed by atoms with van der Waals surface area (Å²) in [6.45, 7) is 4.62. The normalized spacial score (nSPS) is 12.1. The molecule has 0 fully saturated rings. The molecule has 0 radical (unpaired) electrons. The third-order valence-electron chi connectivity index (χ3n) is 9.03. The maximum absolute atomic E-state index is 4.48. The second kappa shape index (κ2) is 33.2. The van der Waals surface area contributed by atoms with Crippen molar-refractivity contribution in [2.45, 2.75) is 213 Å². The summed E-state index contributed by atoms with van der Waals surface area (Å²) < 4.78 is 0. The van der Waals surface area contributed by atoms with Crippen molar-refractivity contribution in [3.8, 4) is 0 Å². The van der Waals surface area contributed by atoms with E-state index < -0.39 is 0 Å². The molecule has 40 heavy (non-hydrogen) atoms. The molecule has 1 aromatic heterocycles. The van der Waals surface area contributed by atoms with Crippen molar-refractivity contribution in [3.05, 3.63) is 18.2 Å². The Morgan fingerprint density at radius 2 is 0.800 bits per heavy atom. The molecule has 0 aromatic carbocycles. The monoisotopic (exact) mass is 624 g/mol. The SMILES string of the molecule is Br.CCCCCCCCCCCCCCCCC(CCCCCCCCCCCCCCC)CCc1ncc[nH]1. The number of aromatic amines is 1. The van der Waals surface area contributed by atoms with Crippen LogP contribution < -0.4 is 0 Å². The Hall–Kier alpha value is -0.310. The molecule has 1 aromatic rings. The van der Waals surface area contributed by atoms with Crippen LogP contribution in [0.3, 0.4) is 0 Å². The van der Waals surface area contributed by atoms with Gasteiger partial charge in [0.2, 0.25) is 0 Å². The van der Waals surface area contributed by atoms with E-state index in [1.807, 2.05) is 12.4 Å². The molecule has 238 valence electrons. The first-order valence-corrected chi connectivity index (χ1v) is 18.3. The molecule has 0 saturated carbocycles. The molecule has 0 aliphatic rings. The summed E-state index contributed by atoms with van der Waals surface area (Å²) >= 11 is 0. The van der Waals surface area contributed by atoms with Crippen molar-refractivity contribution in [2.24, 2.45) is 5.92 Å². The molecule has 1 unspecified atom stereocenters. The molecule has 0 amide bonds. The Balaban J connectivity index is 0.0000152. The Bertz CT molecular complexity index is 559. The highest BCUT2D eigenvalue weighted by atomic mass is 79.9. The van der Waals surface area contributed by atoms with Gasteiger partial charge in [-0.25, -0.2) is 4.98 Å². The van der Waals surface area contributed by atoms with Gasteiger partial charge in [0, 0.05) is 18.8 Å². The van der Waals surface area contributed by atoms with Gasteiger partial charge in [0.25, 0.3) is 0 Å². The number of aromatic nitrogens is 2. The number of nitrogens with one attached hydrogen (secondary N) is 1. The fraction of sp³-hybridized carbons (Fsp3) is 0.919. The van der Waals surface area contributed by atoms with Gasteiger partial charge < -0.3 is 4.98 Å². The van der Waals surface area contributed by atoms with Crippen LogP contribution in [0.2, 0.25) is 0 Å². The predicted octanol–water partition coefficient (Wildman–Crippen LogP) is 13.9. The summed E-state index contributed by atoms with van der Waals surface area (Å²) in [6, 6.07) is 0. The van der Waals surface area contributed by atoms with Crippen LogP contribution in [0.1, 0.15) is 212 Å². The zero-order chi connectivity index (χ0) is 27.9. The molecule has 0 bridgehead atoms. The fourth-order valence-corrected chi connectivity index (χ4v) is 6.29. The van der Waals surface area contributed by atoms with E-state index in [1.165, 1.54) is 198 Å². The zero-order valence-electron chi connectivity index (χ0n) is 27.5. The average molecular weight is 626 g/mol. The van der Waals surface area contributed by atoms with Gasteiger partial charge in [0.05, 0.1) is 0 Å². The summed E-state index contributed by atoms with van der Waals surface area (Å²) in [7, 11) is 0. The van der Waals surface area contributed by atoms with Crippen molar-refractivity contribution in [1.82, 2.24) is 9.97 Å². The molecule has 1 atom stereocenters. The minimum absolute atomic E-state index is 0. The van der Waals surface area contributed by atoms with E-state index in [-0.39, 0.29) is 17.0 Å². The van der Waals surface area contributed by atoms with Gasteiger partial charge in [-0.1, -0.05) is 200 Å². The maximum atomic E-state index is 4.48. The van der Waals surface area contributed by atoms with Crippen LogP contribution in [0.25, 0.3) is 0 Å². The van der Waals surface area contributed by atoms with E-state index in [0.29, 0.717) is 0 Å². The van der Waals surface area contributed by atoms with Crippen LogP contribution >= 0.6 is 17.0 Å². The molecule has 0 spiro atoms. The molecule has 1 rings (SSSR count). The number of aryl methyl sites for hydroxylation is 1. The summed E-state index contributed by atoms with van der Waals surface area (Å²) in [6.07, 6.45) is 48.5. The predicted molar refractivity (Wildman–Crippen MR) is 186 cm³/mol. The second-order valence-corrected chi connectivity index (χ2v) is 12.9. The number of halogens is 1. The van der Waals surface area contributed by atoms with Crippen molar-refractivity contribution in [2.75, 3.05) is 0 Å². The topological polar surface area (TPSA) is 28.7 Å². The Morgan fingerprint density at radius 3 is 1.10 bits per heavy atom. The van der Waals surface area contributed by atoms with Crippen molar-refractivity contribution < 1.29 is 0 Å². The van der Waals surface area contributed by atoms with Crippen LogP contribution in [0.4, 0.5) is 0 Å². The first-order chi connectivity index (χ1) is 19.4. The average Bonchev–Trinajstić information content (AvgIpc) is 3.47. The van der Waals surface area contributed by atoms with E-state index in [2.05, 4.69) is 23.8 Å². The molecule has 1 heterocycles. The number of unbranched alkanes of at least 4 members (excludes halogenated alkanes) is 25. The fourth-order valence-electron chi connectivity index (χ4n) is 6.29. The lowest BCUT2D eigenvalue weighted by Crippen LogP contribution is -2.04. The summed E-state index contributed by atoms with van der Waals surface area (Å²) in [5, 5.41) is 0. The van der Waals surface area contributed by atoms with E-state index in [0.717, 1.165) is 12.3 Å². The maximum Gasteiger partial charge on any atom is 0.106 e. The van der Waals surface area contributed by atoms with Crippen molar-refractivity contribution in [3.63, 3.8) is 0 Å². The number of hydrogen-bond donors (Lipinski definition) is 1.